The highest BCUT2D eigenvalue weighted by Crippen LogP contribution is 2.32. The number of benzene rings is 2. The second-order valence-corrected chi connectivity index (χ2v) is 5.84. The number of imidazole rings is 1. The zero-order valence-electron chi connectivity index (χ0n) is 14.9. The van der Waals surface area contributed by atoms with Crippen molar-refractivity contribution < 1.29 is 14.6 Å². The highest BCUT2D eigenvalue weighted by atomic mass is 16.5. The number of methoxy groups -OCH3 is 2. The van der Waals surface area contributed by atoms with Crippen molar-refractivity contribution in [1.29, 1.82) is 0 Å². The minimum absolute atomic E-state index is 0.0253. The van der Waals surface area contributed by atoms with Crippen molar-refractivity contribution in [2.75, 3.05) is 20.8 Å². The number of rotatable bonds is 7. The molecule has 0 bridgehead atoms. The molecule has 0 aliphatic heterocycles. The average molecular weight is 354 g/mol. The highest BCUT2D eigenvalue weighted by molar-refractivity contribution is 5.79. The monoisotopic (exact) mass is 354 g/mol. The SMILES string of the molecule is COc1ccc(-c2[nH]c(=O)n(CCCO)c2-c2ccc(OC)cc2)cc1. The van der Waals surface area contributed by atoms with Crippen LogP contribution >= 0.6 is 0 Å². The van der Waals surface area contributed by atoms with Crippen LogP contribution in [-0.2, 0) is 6.54 Å². The Kier molecular flexibility index (Phi) is 5.43. The Labute approximate surface area is 151 Å². The van der Waals surface area contributed by atoms with Gasteiger partial charge in [-0.2, -0.15) is 0 Å². The normalized spacial score (nSPS) is 10.7. The van der Waals surface area contributed by atoms with Gasteiger partial charge in [0.2, 0.25) is 0 Å². The van der Waals surface area contributed by atoms with Gasteiger partial charge in [-0.3, -0.25) is 4.57 Å². The van der Waals surface area contributed by atoms with E-state index in [9.17, 15) is 9.90 Å². The number of H-pyrrole nitrogens is 1. The number of nitrogens with one attached hydrogen (secondary N) is 1. The molecule has 3 rings (SSSR count). The van der Waals surface area contributed by atoms with Crippen LogP contribution in [0, 0.1) is 0 Å². The fourth-order valence-electron chi connectivity index (χ4n) is 2.93. The van der Waals surface area contributed by atoms with Gasteiger partial charge < -0.3 is 19.6 Å². The molecule has 1 aromatic heterocycles. The van der Waals surface area contributed by atoms with E-state index < -0.39 is 0 Å². The van der Waals surface area contributed by atoms with E-state index in [1.807, 2.05) is 48.5 Å². The van der Waals surface area contributed by atoms with Crippen molar-refractivity contribution in [3.8, 4) is 34.0 Å². The Morgan fingerprint density at radius 1 is 0.923 bits per heavy atom. The Balaban J connectivity index is 2.14. The van der Waals surface area contributed by atoms with Gasteiger partial charge in [-0.15, -0.1) is 0 Å². The molecule has 0 atom stereocenters. The molecule has 1 heterocycles. The van der Waals surface area contributed by atoms with Crippen LogP contribution in [0.4, 0.5) is 0 Å². The molecule has 2 N–H and O–H groups in total. The van der Waals surface area contributed by atoms with Crippen molar-refractivity contribution in [3.05, 3.63) is 59.0 Å². The maximum absolute atomic E-state index is 12.5. The molecule has 0 unspecified atom stereocenters. The number of hydrogen-bond acceptors (Lipinski definition) is 4. The highest BCUT2D eigenvalue weighted by Gasteiger charge is 2.17. The van der Waals surface area contributed by atoms with E-state index in [2.05, 4.69) is 4.98 Å². The third kappa shape index (κ3) is 3.50. The fourth-order valence-corrected chi connectivity index (χ4v) is 2.93. The molecule has 26 heavy (non-hydrogen) atoms. The zero-order chi connectivity index (χ0) is 18.5. The molecular weight excluding hydrogens is 332 g/mol. The largest absolute Gasteiger partial charge is 0.497 e. The maximum Gasteiger partial charge on any atom is 0.326 e. The third-order valence-corrected chi connectivity index (χ3v) is 4.27. The molecule has 0 saturated carbocycles. The second kappa shape index (κ2) is 7.93. The topological polar surface area (TPSA) is 76.5 Å². The molecule has 0 radical (unpaired) electrons. The Morgan fingerprint density at radius 2 is 1.46 bits per heavy atom. The molecule has 136 valence electrons. The Morgan fingerprint density at radius 3 is 1.96 bits per heavy atom. The van der Waals surface area contributed by atoms with Crippen LogP contribution in [-0.4, -0.2) is 35.5 Å². The first-order chi connectivity index (χ1) is 12.7. The van der Waals surface area contributed by atoms with Crippen LogP contribution in [0.15, 0.2) is 53.3 Å². The van der Waals surface area contributed by atoms with Gasteiger partial charge in [0, 0.05) is 24.3 Å². The van der Waals surface area contributed by atoms with E-state index >= 15 is 0 Å². The summed E-state index contributed by atoms with van der Waals surface area (Å²) in [4.78, 5) is 15.5. The Hall–Kier alpha value is -2.99. The predicted octanol–water partition coefficient (Wildman–Crippen LogP) is 2.91. The minimum atomic E-state index is -0.199. The molecule has 2 aromatic carbocycles. The van der Waals surface area contributed by atoms with Crippen molar-refractivity contribution >= 4 is 0 Å². The summed E-state index contributed by atoms with van der Waals surface area (Å²) in [6, 6.07) is 15.1. The number of aromatic amines is 1. The minimum Gasteiger partial charge on any atom is -0.497 e. The molecule has 0 saturated heterocycles. The van der Waals surface area contributed by atoms with Crippen molar-refractivity contribution in [3.63, 3.8) is 0 Å². The van der Waals surface area contributed by atoms with E-state index in [4.69, 9.17) is 9.47 Å². The summed E-state index contributed by atoms with van der Waals surface area (Å²) in [5, 5.41) is 9.17. The fraction of sp³-hybridized carbons (Fsp3) is 0.250. The summed E-state index contributed by atoms with van der Waals surface area (Å²) in [5.41, 5.74) is 3.11. The smallest absolute Gasteiger partial charge is 0.326 e. The number of hydrogen-bond donors (Lipinski definition) is 2. The molecule has 0 spiro atoms. The van der Waals surface area contributed by atoms with Crippen LogP contribution in [0.2, 0.25) is 0 Å². The quantitative estimate of drug-likeness (QED) is 0.684. The third-order valence-electron chi connectivity index (χ3n) is 4.27. The van der Waals surface area contributed by atoms with Crippen molar-refractivity contribution in [1.82, 2.24) is 9.55 Å². The van der Waals surface area contributed by atoms with E-state index in [-0.39, 0.29) is 12.3 Å². The van der Waals surface area contributed by atoms with Crippen LogP contribution in [0.25, 0.3) is 22.5 Å². The molecule has 0 aliphatic carbocycles. The summed E-state index contributed by atoms with van der Waals surface area (Å²) in [7, 11) is 3.23. The summed E-state index contributed by atoms with van der Waals surface area (Å²) in [5.74, 6) is 1.50. The molecule has 6 heteroatoms. The van der Waals surface area contributed by atoms with Crippen LogP contribution in [0.1, 0.15) is 6.42 Å². The van der Waals surface area contributed by atoms with Gasteiger partial charge in [0.25, 0.3) is 0 Å². The Bertz CT molecular complexity index is 908. The van der Waals surface area contributed by atoms with Crippen molar-refractivity contribution in [2.24, 2.45) is 0 Å². The lowest BCUT2D eigenvalue weighted by Crippen LogP contribution is -2.18. The first-order valence-corrected chi connectivity index (χ1v) is 8.40. The molecular formula is C20H22N2O4. The van der Waals surface area contributed by atoms with Gasteiger partial charge in [0.15, 0.2) is 0 Å². The van der Waals surface area contributed by atoms with Crippen LogP contribution in [0.3, 0.4) is 0 Å². The van der Waals surface area contributed by atoms with Gasteiger partial charge in [-0.1, -0.05) is 0 Å². The van der Waals surface area contributed by atoms with Gasteiger partial charge in [-0.25, -0.2) is 4.79 Å². The van der Waals surface area contributed by atoms with Crippen LogP contribution in [0.5, 0.6) is 11.5 Å². The van der Waals surface area contributed by atoms with E-state index in [1.54, 1.807) is 18.8 Å². The van der Waals surface area contributed by atoms with Crippen molar-refractivity contribution in [2.45, 2.75) is 13.0 Å². The van der Waals surface area contributed by atoms with E-state index in [0.717, 1.165) is 34.0 Å². The first-order valence-electron chi connectivity index (χ1n) is 8.40. The molecule has 3 aromatic rings. The number of aliphatic hydroxyl groups is 1. The average Bonchev–Trinajstić information content (AvgIpc) is 3.02. The van der Waals surface area contributed by atoms with E-state index in [0.29, 0.717) is 13.0 Å². The standard InChI is InChI=1S/C20H22N2O4/c1-25-16-8-4-14(5-9-16)18-19(15-6-10-17(26-2)11-7-15)22(12-3-13-23)20(24)21-18/h4-11,23H,3,12-13H2,1-2H3,(H,21,24). The summed E-state index contributed by atoms with van der Waals surface area (Å²) < 4.78 is 12.1. The van der Waals surface area contributed by atoms with E-state index in [1.165, 1.54) is 0 Å². The summed E-state index contributed by atoms with van der Waals surface area (Å²) >= 11 is 0. The zero-order valence-corrected chi connectivity index (χ0v) is 14.9. The molecule has 0 fully saturated rings. The summed E-state index contributed by atoms with van der Waals surface area (Å²) in [6.45, 7) is 0.459. The lowest BCUT2D eigenvalue weighted by Gasteiger charge is -2.11. The lowest BCUT2D eigenvalue weighted by atomic mass is 10.0. The molecule has 0 aliphatic rings. The van der Waals surface area contributed by atoms with Gasteiger partial charge >= 0.3 is 5.69 Å². The van der Waals surface area contributed by atoms with Crippen LogP contribution < -0.4 is 15.2 Å². The number of aliphatic hydroxyl groups excluding tert-OH is 1. The maximum atomic E-state index is 12.5. The second-order valence-electron chi connectivity index (χ2n) is 5.84. The van der Waals surface area contributed by atoms with Gasteiger partial charge in [0.05, 0.1) is 25.6 Å². The van der Waals surface area contributed by atoms with Gasteiger partial charge in [-0.05, 0) is 55.0 Å². The number of aromatic nitrogens is 2. The lowest BCUT2D eigenvalue weighted by molar-refractivity contribution is 0.279. The first kappa shape index (κ1) is 17.8. The molecule has 6 nitrogen and oxygen atoms in total. The van der Waals surface area contributed by atoms with Gasteiger partial charge in [0.1, 0.15) is 11.5 Å². The summed E-state index contributed by atoms with van der Waals surface area (Å²) in [6.07, 6.45) is 0.503. The molecule has 0 amide bonds. The predicted molar refractivity (Wildman–Crippen MR) is 101 cm³/mol. The number of ether oxygens (including phenoxy) is 2. The number of nitrogens with zero attached hydrogens (tertiary/aromatic N) is 1.